The summed E-state index contributed by atoms with van der Waals surface area (Å²) in [5.41, 5.74) is 1.69. The summed E-state index contributed by atoms with van der Waals surface area (Å²) in [4.78, 5) is 0. The van der Waals surface area contributed by atoms with Crippen molar-refractivity contribution in [2.75, 3.05) is 13.2 Å². The Balaban J connectivity index is 5.06. The van der Waals surface area contributed by atoms with Crippen molar-refractivity contribution in [3.8, 4) is 0 Å². The van der Waals surface area contributed by atoms with Gasteiger partial charge in [-0.1, -0.05) is 69.2 Å². The highest BCUT2D eigenvalue weighted by Crippen LogP contribution is 2.42. The van der Waals surface area contributed by atoms with Crippen molar-refractivity contribution >= 4 is 23.5 Å². The number of hydrogen-bond donors (Lipinski definition) is 0. The van der Waals surface area contributed by atoms with Crippen LogP contribution in [0.5, 0.6) is 0 Å². The van der Waals surface area contributed by atoms with Crippen molar-refractivity contribution in [3.05, 3.63) is 0 Å². The van der Waals surface area contributed by atoms with Gasteiger partial charge in [0.25, 0.3) is 0 Å². The Morgan fingerprint density at radius 3 is 1.21 bits per heavy atom. The highest BCUT2D eigenvalue weighted by molar-refractivity contribution is 6.81. The van der Waals surface area contributed by atoms with Gasteiger partial charge < -0.3 is 11.1 Å². The summed E-state index contributed by atoms with van der Waals surface area (Å²) in [6.07, 6.45) is 2.14. The minimum Gasteiger partial charge on any atom is -0.498 e. The van der Waals surface area contributed by atoms with E-state index in [1.54, 1.807) is 0 Å². The summed E-state index contributed by atoms with van der Waals surface area (Å²) >= 11 is -2.08. The molecule has 24 heavy (non-hydrogen) atoms. The molecule has 0 bridgehead atoms. The van der Waals surface area contributed by atoms with Crippen LogP contribution in [0.4, 0.5) is 0 Å². The Bertz CT molecular complexity index is 284. The fraction of sp³-hybridized carbons (Fsp3) is 1.00. The van der Waals surface area contributed by atoms with Crippen molar-refractivity contribution in [2.24, 2.45) is 11.8 Å². The molecule has 0 atom stereocenters. The van der Waals surface area contributed by atoms with Gasteiger partial charge >= 0.3 is 15.1 Å². The molecule has 0 aliphatic heterocycles. The van der Waals surface area contributed by atoms with Crippen LogP contribution in [0.25, 0.3) is 0 Å². The van der Waals surface area contributed by atoms with Crippen molar-refractivity contribution in [3.63, 3.8) is 0 Å². The third-order valence-corrected chi connectivity index (χ3v) is 13.7. The van der Waals surface area contributed by atoms with Gasteiger partial charge in [-0.25, -0.2) is 0 Å². The topological polar surface area (TPSA) is 27.7 Å². The van der Waals surface area contributed by atoms with Crippen LogP contribution in [0.15, 0.2) is 0 Å². The summed E-state index contributed by atoms with van der Waals surface area (Å²) in [5.74, 6) is 1.30. The molecule has 0 amide bonds. The Kier molecular flexibility index (Phi) is 12.4. The van der Waals surface area contributed by atoms with Gasteiger partial charge in [0.15, 0.2) is 8.32 Å². The maximum Gasteiger partial charge on any atom is 0.894 e. The smallest absolute Gasteiger partial charge is 0.498 e. The van der Waals surface area contributed by atoms with Gasteiger partial charge in [0.2, 0.25) is 0 Å². The van der Waals surface area contributed by atoms with Crippen LogP contribution in [-0.2, 0) is 11.1 Å². The van der Waals surface area contributed by atoms with E-state index in [0.717, 1.165) is 26.1 Å². The zero-order chi connectivity index (χ0) is 18.9. The standard InChI is InChI=1S/C9H21OSi.2C5H11O.Al/c1-7(2)11(10,8(3)4)9(5)6;2*1-5(2)3-4-6;/h7-9H,1-6H3;2*5H,3-4H2,1-2H3;/q3*-1;+3. The summed E-state index contributed by atoms with van der Waals surface area (Å²) in [6.45, 7) is 24.4. The highest BCUT2D eigenvalue weighted by atomic mass is 28.4. The second-order valence-electron chi connectivity index (χ2n) is 8.83. The predicted octanol–water partition coefficient (Wildman–Crippen LogP) is 6.29. The average molecular weight is 375 g/mol. The molecule has 0 aromatic rings. The lowest BCUT2D eigenvalue weighted by atomic mass is 10.2. The molecule has 0 heterocycles. The zero-order valence-electron chi connectivity index (χ0n) is 18.0. The van der Waals surface area contributed by atoms with Gasteiger partial charge in [0, 0.05) is 13.2 Å². The number of rotatable bonds is 13. The van der Waals surface area contributed by atoms with E-state index in [-0.39, 0.29) is 0 Å². The molecule has 144 valence electrons. The van der Waals surface area contributed by atoms with E-state index < -0.39 is 23.5 Å². The van der Waals surface area contributed by atoms with E-state index in [9.17, 15) is 0 Å². The van der Waals surface area contributed by atoms with Gasteiger partial charge in [0.1, 0.15) is 0 Å². The minimum atomic E-state index is -2.08. The second-order valence-corrected chi connectivity index (χ2v) is 16.2. The molecule has 0 N–H and O–H groups in total. The van der Waals surface area contributed by atoms with Gasteiger partial charge in [-0.05, 0) is 41.3 Å². The lowest BCUT2D eigenvalue weighted by Gasteiger charge is -2.44. The Morgan fingerprint density at radius 1 is 0.625 bits per heavy atom. The Hall–Kier alpha value is 0.629. The first kappa shape index (κ1) is 24.6. The van der Waals surface area contributed by atoms with Crippen LogP contribution in [0.2, 0.25) is 16.6 Å². The largest absolute Gasteiger partial charge is 0.894 e. The lowest BCUT2D eigenvalue weighted by Crippen LogP contribution is -2.53. The molecule has 0 saturated heterocycles. The number of hydrogen-bond acceptors (Lipinski definition) is 3. The predicted molar refractivity (Wildman–Crippen MR) is 109 cm³/mol. The molecule has 0 saturated carbocycles. The van der Waals surface area contributed by atoms with Crippen LogP contribution in [-0.4, -0.2) is 36.7 Å². The maximum atomic E-state index is 6.82. The summed E-state index contributed by atoms with van der Waals surface area (Å²) in [5, 5.41) is 0. The van der Waals surface area contributed by atoms with E-state index >= 15 is 0 Å². The molecule has 3 nitrogen and oxygen atoms in total. The van der Waals surface area contributed by atoms with Crippen molar-refractivity contribution in [1.29, 1.82) is 0 Å². The van der Waals surface area contributed by atoms with Crippen LogP contribution < -0.4 is 0 Å². The van der Waals surface area contributed by atoms with Crippen molar-refractivity contribution < 1.29 is 11.1 Å². The molecule has 0 aromatic carbocycles. The quantitative estimate of drug-likeness (QED) is 0.355. The molecule has 0 fully saturated rings. The first-order chi connectivity index (χ1) is 11.0. The molecule has 0 aromatic heterocycles. The van der Waals surface area contributed by atoms with E-state index in [0.29, 0.717) is 28.5 Å². The molecule has 5 heteroatoms. The molecule has 0 aliphatic rings. The molecule has 0 radical (unpaired) electrons. The van der Waals surface area contributed by atoms with E-state index in [4.69, 9.17) is 11.1 Å². The van der Waals surface area contributed by atoms with Crippen molar-refractivity contribution in [1.82, 2.24) is 0 Å². The fourth-order valence-electron chi connectivity index (χ4n) is 3.49. The van der Waals surface area contributed by atoms with Crippen LogP contribution in [0, 0.1) is 11.8 Å². The molecule has 0 unspecified atom stereocenters. The van der Waals surface area contributed by atoms with Crippen molar-refractivity contribution in [2.45, 2.75) is 98.7 Å². The molecule has 0 rings (SSSR count). The van der Waals surface area contributed by atoms with E-state index in [2.05, 4.69) is 69.2 Å². The third kappa shape index (κ3) is 8.34. The summed E-state index contributed by atoms with van der Waals surface area (Å²) < 4.78 is 19.2. The minimum absolute atomic E-state index is 0.565. The molecule has 0 aliphatic carbocycles. The molecular formula is C19H43AlO3Si. The van der Waals surface area contributed by atoms with Crippen LogP contribution in [0.1, 0.15) is 82.1 Å². The van der Waals surface area contributed by atoms with Crippen LogP contribution >= 0.6 is 0 Å². The molecular weight excluding hydrogens is 331 g/mol. The molecule has 0 spiro atoms. The fourth-order valence-corrected chi connectivity index (χ4v) is 13.4. The highest BCUT2D eigenvalue weighted by Gasteiger charge is 2.50. The van der Waals surface area contributed by atoms with Gasteiger partial charge in [-0.3, -0.25) is 0 Å². The second kappa shape index (κ2) is 12.1. The SMILES string of the molecule is CC(C)CC[O][Al]([O]CCC(C)C)[O][Si](C(C)C)(C(C)C)C(C)C. The third-order valence-electron chi connectivity index (χ3n) is 4.91. The van der Waals surface area contributed by atoms with Gasteiger partial charge in [0.05, 0.1) is 0 Å². The maximum absolute atomic E-state index is 6.82. The summed E-state index contributed by atoms with van der Waals surface area (Å²) in [7, 11) is -1.93. The van der Waals surface area contributed by atoms with Gasteiger partial charge in [-0.15, -0.1) is 0 Å². The monoisotopic (exact) mass is 374 g/mol. The van der Waals surface area contributed by atoms with Crippen LogP contribution in [0.3, 0.4) is 0 Å². The summed E-state index contributed by atoms with van der Waals surface area (Å²) in [6, 6.07) is 0. The van der Waals surface area contributed by atoms with E-state index in [1.807, 2.05) is 0 Å². The first-order valence-corrected chi connectivity index (χ1v) is 13.5. The lowest BCUT2D eigenvalue weighted by molar-refractivity contribution is 0.123. The zero-order valence-corrected chi connectivity index (χ0v) is 20.2. The first-order valence-electron chi connectivity index (χ1n) is 9.94. The Morgan fingerprint density at radius 2 is 0.958 bits per heavy atom. The van der Waals surface area contributed by atoms with Gasteiger partial charge in [-0.2, -0.15) is 0 Å². The average Bonchev–Trinajstić information content (AvgIpc) is 2.41. The Labute approximate surface area is 158 Å². The normalized spacial score (nSPS) is 13.1. The van der Waals surface area contributed by atoms with E-state index in [1.165, 1.54) is 0 Å².